The maximum Gasteiger partial charge on any atom is 0.270 e. The Kier molecular flexibility index (Phi) is 5.26. The van der Waals surface area contributed by atoms with Crippen molar-refractivity contribution in [1.29, 1.82) is 0 Å². The molecule has 1 aromatic rings. The molecule has 0 atom stereocenters. The second-order valence-corrected chi connectivity index (χ2v) is 4.49. The topological polar surface area (TPSA) is 84.3 Å². The molecular weight excluding hydrogens is 270 g/mol. The van der Waals surface area contributed by atoms with E-state index in [1.54, 1.807) is 13.0 Å². The van der Waals surface area contributed by atoms with Crippen LogP contribution in [0.1, 0.15) is 15.9 Å². The highest BCUT2D eigenvalue weighted by molar-refractivity contribution is 5.96. The molecule has 2 N–H and O–H groups in total. The Balaban J connectivity index is 0.00000180. The number of halogens is 1. The van der Waals surface area contributed by atoms with E-state index in [1.807, 2.05) is 0 Å². The molecule has 1 amide bonds. The van der Waals surface area contributed by atoms with Gasteiger partial charge in [-0.05, 0) is 12.5 Å². The summed E-state index contributed by atoms with van der Waals surface area (Å²) in [4.78, 5) is 22.1. The second kappa shape index (κ2) is 6.49. The highest BCUT2D eigenvalue weighted by Crippen LogP contribution is 2.17. The molecule has 104 valence electrons. The summed E-state index contributed by atoms with van der Waals surface area (Å²) < 4.78 is 0. The third kappa shape index (κ3) is 3.65. The van der Waals surface area contributed by atoms with Crippen LogP contribution in [0.3, 0.4) is 0 Å². The molecule has 2 rings (SSSR count). The van der Waals surface area contributed by atoms with Crippen LogP contribution in [0, 0.1) is 23.0 Å². The predicted molar refractivity (Wildman–Crippen MR) is 73.8 cm³/mol. The SMILES string of the molecule is Cc1ccc([N+](=O)[O-])cc1C(=O)NCC1CNC1.Cl. The van der Waals surface area contributed by atoms with Gasteiger partial charge in [-0.15, -0.1) is 12.4 Å². The zero-order valence-electron chi connectivity index (χ0n) is 10.5. The van der Waals surface area contributed by atoms with E-state index in [0.717, 1.165) is 18.7 Å². The van der Waals surface area contributed by atoms with Crippen molar-refractivity contribution in [2.75, 3.05) is 19.6 Å². The summed E-state index contributed by atoms with van der Waals surface area (Å²) in [5.41, 5.74) is 1.05. The number of nitrogens with one attached hydrogen (secondary N) is 2. The Morgan fingerprint density at radius 2 is 2.21 bits per heavy atom. The van der Waals surface area contributed by atoms with Gasteiger partial charge in [0.25, 0.3) is 11.6 Å². The molecule has 19 heavy (non-hydrogen) atoms. The normalized spacial score (nSPS) is 14.2. The summed E-state index contributed by atoms with van der Waals surface area (Å²) in [5, 5.41) is 16.6. The van der Waals surface area contributed by atoms with E-state index in [4.69, 9.17) is 0 Å². The van der Waals surface area contributed by atoms with Gasteiger partial charge >= 0.3 is 0 Å². The molecule has 0 aromatic heterocycles. The Hall–Kier alpha value is -1.66. The van der Waals surface area contributed by atoms with Gasteiger partial charge in [0.1, 0.15) is 0 Å². The molecule has 0 aliphatic carbocycles. The number of nitrogens with zero attached hydrogens (tertiary/aromatic N) is 1. The summed E-state index contributed by atoms with van der Waals surface area (Å²) in [5.74, 6) is 0.219. The van der Waals surface area contributed by atoms with Crippen LogP contribution in [-0.2, 0) is 0 Å². The Morgan fingerprint density at radius 3 is 2.74 bits per heavy atom. The largest absolute Gasteiger partial charge is 0.352 e. The van der Waals surface area contributed by atoms with Crippen LogP contribution >= 0.6 is 12.4 Å². The molecule has 0 radical (unpaired) electrons. The summed E-state index contributed by atoms with van der Waals surface area (Å²) >= 11 is 0. The predicted octanol–water partition coefficient (Wildman–Crippen LogP) is 1.27. The fraction of sp³-hybridized carbons (Fsp3) is 0.417. The lowest BCUT2D eigenvalue weighted by Crippen LogP contribution is -2.48. The van der Waals surface area contributed by atoms with Gasteiger partial charge in [-0.2, -0.15) is 0 Å². The number of aryl methyl sites for hydroxylation is 1. The Bertz CT molecular complexity index is 489. The van der Waals surface area contributed by atoms with E-state index < -0.39 is 4.92 Å². The summed E-state index contributed by atoms with van der Waals surface area (Å²) in [6, 6.07) is 4.32. The van der Waals surface area contributed by atoms with Crippen LogP contribution in [0.25, 0.3) is 0 Å². The van der Waals surface area contributed by atoms with Crippen LogP contribution in [0.4, 0.5) is 5.69 Å². The zero-order chi connectivity index (χ0) is 13.1. The van der Waals surface area contributed by atoms with Gasteiger partial charge in [-0.1, -0.05) is 6.07 Å². The molecule has 7 heteroatoms. The molecular formula is C12H16ClN3O3. The lowest BCUT2D eigenvalue weighted by atomic mass is 10.0. The molecule has 1 aromatic carbocycles. The Labute approximate surface area is 117 Å². The van der Waals surface area contributed by atoms with E-state index in [0.29, 0.717) is 18.0 Å². The van der Waals surface area contributed by atoms with Gasteiger partial charge in [0.15, 0.2) is 0 Å². The van der Waals surface area contributed by atoms with Crippen LogP contribution in [-0.4, -0.2) is 30.5 Å². The number of hydrogen-bond donors (Lipinski definition) is 2. The van der Waals surface area contributed by atoms with E-state index in [9.17, 15) is 14.9 Å². The van der Waals surface area contributed by atoms with Gasteiger partial charge in [-0.25, -0.2) is 0 Å². The molecule has 1 heterocycles. The number of carbonyl (C=O) groups excluding carboxylic acids is 1. The number of benzene rings is 1. The van der Waals surface area contributed by atoms with Crippen molar-refractivity contribution >= 4 is 24.0 Å². The second-order valence-electron chi connectivity index (χ2n) is 4.49. The fourth-order valence-electron chi connectivity index (χ4n) is 1.79. The first-order chi connectivity index (χ1) is 8.58. The van der Waals surface area contributed by atoms with Crippen LogP contribution in [0.5, 0.6) is 0 Å². The van der Waals surface area contributed by atoms with Gasteiger partial charge in [0.05, 0.1) is 4.92 Å². The molecule has 1 aliphatic heterocycles. The fourth-order valence-corrected chi connectivity index (χ4v) is 1.79. The molecule has 1 saturated heterocycles. The number of non-ortho nitro benzene ring substituents is 1. The first kappa shape index (κ1) is 15.4. The maximum atomic E-state index is 11.9. The van der Waals surface area contributed by atoms with Crippen molar-refractivity contribution in [2.24, 2.45) is 5.92 Å². The van der Waals surface area contributed by atoms with Gasteiger partial charge < -0.3 is 10.6 Å². The third-order valence-corrected chi connectivity index (χ3v) is 3.09. The van der Waals surface area contributed by atoms with Crippen molar-refractivity contribution in [2.45, 2.75) is 6.92 Å². The number of carbonyl (C=O) groups is 1. The summed E-state index contributed by atoms with van der Waals surface area (Å²) in [7, 11) is 0. The summed E-state index contributed by atoms with van der Waals surface area (Å²) in [6.45, 7) is 4.19. The highest BCUT2D eigenvalue weighted by atomic mass is 35.5. The minimum atomic E-state index is -0.494. The number of nitro groups is 1. The van der Waals surface area contributed by atoms with Crippen molar-refractivity contribution in [3.05, 3.63) is 39.4 Å². The minimum absolute atomic E-state index is 0. The quantitative estimate of drug-likeness (QED) is 0.644. The molecule has 6 nitrogen and oxygen atoms in total. The monoisotopic (exact) mass is 285 g/mol. The molecule has 1 aliphatic rings. The molecule has 0 spiro atoms. The molecule has 0 unspecified atom stereocenters. The van der Waals surface area contributed by atoms with E-state index >= 15 is 0 Å². The van der Waals surface area contributed by atoms with Crippen LogP contribution in [0.2, 0.25) is 0 Å². The van der Waals surface area contributed by atoms with E-state index in [-0.39, 0.29) is 24.0 Å². The number of amides is 1. The smallest absolute Gasteiger partial charge is 0.270 e. The molecule has 0 bridgehead atoms. The first-order valence-electron chi connectivity index (χ1n) is 5.82. The zero-order valence-corrected chi connectivity index (χ0v) is 11.3. The highest BCUT2D eigenvalue weighted by Gasteiger charge is 2.19. The van der Waals surface area contributed by atoms with E-state index in [1.165, 1.54) is 12.1 Å². The minimum Gasteiger partial charge on any atom is -0.352 e. The maximum absolute atomic E-state index is 11.9. The lowest BCUT2D eigenvalue weighted by molar-refractivity contribution is -0.384. The van der Waals surface area contributed by atoms with Crippen LogP contribution in [0.15, 0.2) is 18.2 Å². The average Bonchev–Trinajstić information content (AvgIpc) is 2.26. The number of hydrogen-bond acceptors (Lipinski definition) is 4. The summed E-state index contributed by atoms with van der Waals surface area (Å²) in [6.07, 6.45) is 0. The third-order valence-electron chi connectivity index (χ3n) is 3.09. The Morgan fingerprint density at radius 1 is 1.53 bits per heavy atom. The first-order valence-corrected chi connectivity index (χ1v) is 5.82. The van der Waals surface area contributed by atoms with Gasteiger partial charge in [0.2, 0.25) is 0 Å². The van der Waals surface area contributed by atoms with Crippen molar-refractivity contribution < 1.29 is 9.72 Å². The van der Waals surface area contributed by atoms with Crippen molar-refractivity contribution in [3.63, 3.8) is 0 Å². The number of rotatable bonds is 4. The molecule has 0 saturated carbocycles. The van der Waals surface area contributed by atoms with Gasteiger partial charge in [0, 0.05) is 43.2 Å². The molecule has 1 fully saturated rings. The van der Waals surface area contributed by atoms with Crippen molar-refractivity contribution in [1.82, 2.24) is 10.6 Å². The standard InChI is InChI=1S/C12H15N3O3.ClH/c1-8-2-3-10(15(17)18)4-11(8)12(16)14-7-9-5-13-6-9;/h2-4,9,13H,5-7H2,1H3,(H,14,16);1H. The van der Waals surface area contributed by atoms with Crippen LogP contribution < -0.4 is 10.6 Å². The lowest BCUT2D eigenvalue weighted by Gasteiger charge is -2.27. The van der Waals surface area contributed by atoms with Gasteiger partial charge in [-0.3, -0.25) is 14.9 Å². The van der Waals surface area contributed by atoms with E-state index in [2.05, 4.69) is 10.6 Å². The van der Waals surface area contributed by atoms with Crippen molar-refractivity contribution in [3.8, 4) is 0 Å². The average molecular weight is 286 g/mol. The number of nitro benzene ring substituents is 1.